The highest BCUT2D eigenvalue weighted by atomic mass is 35.5. The molecule has 10 nitrogen and oxygen atoms in total. The first-order chi connectivity index (χ1) is 15.9. The lowest BCUT2D eigenvalue weighted by Gasteiger charge is -2.06. The third-order valence-electron chi connectivity index (χ3n) is 4.57. The number of amides is 1. The Kier molecular flexibility index (Phi) is 6.36. The van der Waals surface area contributed by atoms with Crippen LogP contribution in [0, 0.1) is 17.0 Å². The standard InChI is InChI=1S/C22H18ClN5O5/c1-14-3-2-4-15(9-14)11-27-13-24-22(26-27)25-21(29)19-8-6-17(33-19)12-32-20-10-16(28(30)31)5-7-18(20)23/h2-10,13H,11-12H2,1H3,(H,25,26,29). The number of nitro groups is 1. The van der Waals surface area contributed by atoms with Crippen molar-refractivity contribution < 1.29 is 18.9 Å². The van der Waals surface area contributed by atoms with Gasteiger partial charge >= 0.3 is 0 Å². The number of carbonyl (C=O) groups excluding carboxylic acids is 1. The monoisotopic (exact) mass is 467 g/mol. The van der Waals surface area contributed by atoms with Crippen molar-refractivity contribution in [2.45, 2.75) is 20.1 Å². The zero-order chi connectivity index (χ0) is 23.4. The Morgan fingerprint density at radius 1 is 1.24 bits per heavy atom. The van der Waals surface area contributed by atoms with E-state index in [-0.39, 0.29) is 34.8 Å². The van der Waals surface area contributed by atoms with E-state index in [9.17, 15) is 14.9 Å². The molecule has 0 saturated heterocycles. The maximum absolute atomic E-state index is 12.5. The largest absolute Gasteiger partial charge is 0.484 e. The second-order valence-corrected chi connectivity index (χ2v) is 7.54. The molecule has 4 aromatic rings. The zero-order valence-corrected chi connectivity index (χ0v) is 18.2. The molecule has 1 N–H and O–H groups in total. The van der Waals surface area contributed by atoms with Gasteiger partial charge in [-0.3, -0.25) is 20.2 Å². The third-order valence-corrected chi connectivity index (χ3v) is 4.88. The Labute approximate surface area is 192 Å². The molecule has 0 aliphatic carbocycles. The average Bonchev–Trinajstić information content (AvgIpc) is 3.42. The molecule has 4 rings (SSSR count). The van der Waals surface area contributed by atoms with E-state index in [0.717, 1.165) is 11.1 Å². The number of nitrogens with one attached hydrogen (secondary N) is 1. The van der Waals surface area contributed by atoms with Gasteiger partial charge in [0.2, 0.25) is 5.95 Å². The topological polar surface area (TPSA) is 125 Å². The van der Waals surface area contributed by atoms with Gasteiger partial charge in [0, 0.05) is 6.07 Å². The molecular weight excluding hydrogens is 450 g/mol. The normalized spacial score (nSPS) is 10.7. The quantitative estimate of drug-likeness (QED) is 0.296. The maximum Gasteiger partial charge on any atom is 0.293 e. The first-order valence-electron chi connectivity index (χ1n) is 9.79. The van der Waals surface area contributed by atoms with Crippen LogP contribution in [0.3, 0.4) is 0 Å². The van der Waals surface area contributed by atoms with Crippen LogP contribution >= 0.6 is 11.6 Å². The lowest BCUT2D eigenvalue weighted by Crippen LogP contribution is -2.12. The summed E-state index contributed by atoms with van der Waals surface area (Å²) in [6.45, 7) is 2.46. The Balaban J connectivity index is 1.35. The summed E-state index contributed by atoms with van der Waals surface area (Å²) in [6.07, 6.45) is 1.53. The van der Waals surface area contributed by atoms with E-state index >= 15 is 0 Å². The summed E-state index contributed by atoms with van der Waals surface area (Å²) >= 11 is 6.02. The van der Waals surface area contributed by atoms with Gasteiger partial charge in [0.25, 0.3) is 11.6 Å². The summed E-state index contributed by atoms with van der Waals surface area (Å²) in [4.78, 5) is 26.9. The molecule has 0 bridgehead atoms. The molecule has 33 heavy (non-hydrogen) atoms. The molecular formula is C22H18ClN5O5. The summed E-state index contributed by atoms with van der Waals surface area (Å²) in [5.41, 5.74) is 2.06. The van der Waals surface area contributed by atoms with E-state index < -0.39 is 10.8 Å². The number of hydrogen-bond acceptors (Lipinski definition) is 7. The van der Waals surface area contributed by atoms with Crippen molar-refractivity contribution in [3.8, 4) is 5.75 Å². The van der Waals surface area contributed by atoms with Crippen molar-refractivity contribution >= 4 is 29.1 Å². The number of benzene rings is 2. The van der Waals surface area contributed by atoms with Gasteiger partial charge in [0.15, 0.2) is 5.76 Å². The van der Waals surface area contributed by atoms with Gasteiger partial charge in [0.05, 0.1) is 22.6 Å². The second-order valence-electron chi connectivity index (χ2n) is 7.14. The molecule has 2 heterocycles. The molecule has 1 amide bonds. The SMILES string of the molecule is Cc1cccc(Cn2cnc(NC(=O)c3ccc(COc4cc([N+](=O)[O-])ccc4Cl)o3)n2)c1. The number of non-ortho nitro benzene ring substituents is 1. The number of aryl methyl sites for hydroxylation is 1. The average molecular weight is 468 g/mol. The van der Waals surface area contributed by atoms with Gasteiger partial charge in [0.1, 0.15) is 24.4 Å². The molecule has 0 atom stereocenters. The van der Waals surface area contributed by atoms with Crippen LogP contribution in [0.15, 0.2) is 65.3 Å². The maximum atomic E-state index is 12.5. The minimum absolute atomic E-state index is 0.0359. The molecule has 2 aromatic carbocycles. The second kappa shape index (κ2) is 9.53. The number of furan rings is 1. The number of nitrogens with zero attached hydrogens (tertiary/aromatic N) is 4. The van der Waals surface area contributed by atoms with Crippen molar-refractivity contribution in [2.75, 3.05) is 5.32 Å². The summed E-state index contributed by atoms with van der Waals surface area (Å²) in [6, 6.07) is 14.9. The van der Waals surface area contributed by atoms with Crippen LogP contribution < -0.4 is 10.1 Å². The van der Waals surface area contributed by atoms with Crippen molar-refractivity contribution in [3.63, 3.8) is 0 Å². The lowest BCUT2D eigenvalue weighted by molar-refractivity contribution is -0.384. The van der Waals surface area contributed by atoms with Gasteiger partial charge in [-0.25, -0.2) is 9.67 Å². The van der Waals surface area contributed by atoms with Crippen molar-refractivity contribution in [1.82, 2.24) is 14.8 Å². The van der Waals surface area contributed by atoms with E-state index in [1.54, 1.807) is 10.7 Å². The zero-order valence-electron chi connectivity index (χ0n) is 17.4. The summed E-state index contributed by atoms with van der Waals surface area (Å²) in [5.74, 6) is 0.124. The first kappa shape index (κ1) is 22.0. The highest BCUT2D eigenvalue weighted by molar-refractivity contribution is 6.32. The minimum Gasteiger partial charge on any atom is -0.484 e. The van der Waals surface area contributed by atoms with Crippen molar-refractivity contribution in [2.24, 2.45) is 0 Å². The molecule has 0 spiro atoms. The number of halogens is 1. The van der Waals surface area contributed by atoms with Crippen LogP contribution in [-0.4, -0.2) is 25.6 Å². The van der Waals surface area contributed by atoms with Crippen LogP contribution in [-0.2, 0) is 13.2 Å². The van der Waals surface area contributed by atoms with Gasteiger partial charge < -0.3 is 9.15 Å². The van der Waals surface area contributed by atoms with Crippen LogP contribution in [0.2, 0.25) is 5.02 Å². The number of anilines is 1. The molecule has 0 aliphatic heterocycles. The summed E-state index contributed by atoms with van der Waals surface area (Å²) < 4.78 is 12.6. The molecule has 0 unspecified atom stereocenters. The third kappa shape index (κ3) is 5.55. The van der Waals surface area contributed by atoms with Gasteiger partial charge in [-0.1, -0.05) is 41.4 Å². The number of aromatic nitrogens is 3. The Hall–Kier alpha value is -4.18. The van der Waals surface area contributed by atoms with Crippen LogP contribution in [0.5, 0.6) is 5.75 Å². The van der Waals surface area contributed by atoms with E-state index in [4.69, 9.17) is 20.8 Å². The highest BCUT2D eigenvalue weighted by Gasteiger charge is 2.15. The fourth-order valence-electron chi connectivity index (χ4n) is 3.03. The summed E-state index contributed by atoms with van der Waals surface area (Å²) in [7, 11) is 0. The van der Waals surface area contributed by atoms with Crippen LogP contribution in [0.25, 0.3) is 0 Å². The predicted octanol–water partition coefficient (Wildman–Crippen LogP) is 4.62. The smallest absolute Gasteiger partial charge is 0.293 e. The van der Waals surface area contributed by atoms with E-state index in [0.29, 0.717) is 12.3 Å². The number of ether oxygens (including phenoxy) is 1. The fourth-order valence-corrected chi connectivity index (χ4v) is 3.20. The van der Waals surface area contributed by atoms with Gasteiger partial charge in [-0.2, -0.15) is 0 Å². The van der Waals surface area contributed by atoms with E-state index in [1.807, 2.05) is 31.2 Å². The molecule has 0 fully saturated rings. The fraction of sp³-hybridized carbons (Fsp3) is 0.136. The molecule has 2 aromatic heterocycles. The highest BCUT2D eigenvalue weighted by Crippen LogP contribution is 2.29. The Bertz CT molecular complexity index is 1320. The van der Waals surface area contributed by atoms with E-state index in [1.165, 1.54) is 30.6 Å². The molecule has 0 radical (unpaired) electrons. The molecule has 0 saturated carbocycles. The van der Waals surface area contributed by atoms with Crippen molar-refractivity contribution in [3.05, 3.63) is 98.7 Å². The lowest BCUT2D eigenvalue weighted by atomic mass is 10.1. The molecule has 11 heteroatoms. The Morgan fingerprint density at radius 3 is 2.88 bits per heavy atom. The van der Waals surface area contributed by atoms with Crippen LogP contribution in [0.1, 0.15) is 27.4 Å². The van der Waals surface area contributed by atoms with E-state index in [2.05, 4.69) is 15.4 Å². The molecule has 168 valence electrons. The van der Waals surface area contributed by atoms with Crippen LogP contribution in [0.4, 0.5) is 11.6 Å². The Morgan fingerprint density at radius 2 is 2.09 bits per heavy atom. The van der Waals surface area contributed by atoms with Gasteiger partial charge in [-0.05, 0) is 30.7 Å². The van der Waals surface area contributed by atoms with Gasteiger partial charge in [-0.15, -0.1) is 5.10 Å². The minimum atomic E-state index is -0.547. The molecule has 0 aliphatic rings. The summed E-state index contributed by atoms with van der Waals surface area (Å²) in [5, 5.41) is 18.0. The number of rotatable bonds is 8. The van der Waals surface area contributed by atoms with Crippen molar-refractivity contribution in [1.29, 1.82) is 0 Å². The predicted molar refractivity (Wildman–Crippen MR) is 119 cm³/mol. The number of carbonyl (C=O) groups is 1. The first-order valence-corrected chi connectivity index (χ1v) is 10.2. The number of nitro benzene ring substituents is 1. The number of hydrogen-bond donors (Lipinski definition) is 1.